The van der Waals surface area contributed by atoms with E-state index in [0.29, 0.717) is 6.61 Å². The molecule has 14 heavy (non-hydrogen) atoms. The van der Waals surface area contributed by atoms with E-state index in [0.717, 1.165) is 19.2 Å². The first kappa shape index (κ1) is 23.5. The molecule has 0 rings (SSSR count). The van der Waals surface area contributed by atoms with Crippen LogP contribution in [0.2, 0.25) is 0 Å². The van der Waals surface area contributed by atoms with E-state index in [-0.39, 0.29) is 27.4 Å². The average molecular weight is 240 g/mol. The molecule has 0 fully saturated rings. The quantitative estimate of drug-likeness (QED) is 0.579. The zero-order valence-corrected chi connectivity index (χ0v) is 10.8. The molecular weight excluding hydrogens is 217 g/mol. The summed E-state index contributed by atoms with van der Waals surface area (Å²) in [4.78, 5) is 0. The zero-order chi connectivity index (χ0) is 9.82. The smallest absolute Gasteiger partial charge is 0.415 e. The van der Waals surface area contributed by atoms with Crippen molar-refractivity contribution in [2.75, 3.05) is 20.8 Å². The van der Waals surface area contributed by atoms with Gasteiger partial charge in [-0.1, -0.05) is 6.92 Å². The van der Waals surface area contributed by atoms with Gasteiger partial charge in [0.15, 0.2) is 0 Å². The zero-order valence-electron chi connectivity index (χ0n) is 9.45. The van der Waals surface area contributed by atoms with Gasteiger partial charge in [-0.3, -0.25) is 6.08 Å². The van der Waals surface area contributed by atoms with Crippen LogP contribution in [-0.4, -0.2) is 25.9 Å². The molecule has 0 saturated heterocycles. The van der Waals surface area contributed by atoms with Crippen LogP contribution in [0, 0.1) is 13.5 Å². The second-order valence-electron chi connectivity index (χ2n) is 1.90. The van der Waals surface area contributed by atoms with Crippen molar-refractivity contribution in [1.82, 2.24) is 0 Å². The van der Waals surface area contributed by atoms with Crippen LogP contribution in [0.3, 0.4) is 0 Å². The maximum absolute atomic E-state index is 7.00. The Hall–Kier alpha value is -0.216. The van der Waals surface area contributed by atoms with Gasteiger partial charge >= 0.3 is 18.6 Å². The van der Waals surface area contributed by atoms with Crippen molar-refractivity contribution in [2.45, 2.75) is 13.3 Å². The van der Waals surface area contributed by atoms with Crippen LogP contribution in [0.15, 0.2) is 17.8 Å². The van der Waals surface area contributed by atoms with E-state index < -0.39 is 0 Å². The number of aliphatic hydroxyl groups excluding tert-OH is 1. The summed E-state index contributed by atoms with van der Waals surface area (Å²) in [7, 11) is 2.62. The summed E-state index contributed by atoms with van der Waals surface area (Å²) in [5.41, 5.74) is 6.22. The molecule has 0 aliphatic carbocycles. The number of allylic oxidation sites excluding steroid dienone is 3. The Balaban J connectivity index is -0.0000000626. The second-order valence-corrected chi connectivity index (χ2v) is 1.90. The van der Waals surface area contributed by atoms with Crippen LogP contribution < -0.4 is 5.73 Å². The van der Waals surface area contributed by atoms with Crippen molar-refractivity contribution in [1.29, 1.82) is 0 Å². The van der Waals surface area contributed by atoms with E-state index in [1.807, 2.05) is 13.0 Å². The molecule has 0 unspecified atom stereocenters. The van der Waals surface area contributed by atoms with Crippen molar-refractivity contribution in [2.24, 2.45) is 5.73 Å². The molecule has 0 atom stereocenters. The monoisotopic (exact) mass is 240 g/mol. The fraction of sp³-hybridized carbons (Fsp3) is 0.500. The maximum atomic E-state index is 7.00. The first-order chi connectivity index (χ1) is 5.81. The summed E-state index contributed by atoms with van der Waals surface area (Å²) in [6, 6.07) is 0. The van der Waals surface area contributed by atoms with Gasteiger partial charge in [-0.15, -0.1) is 6.42 Å². The van der Waals surface area contributed by atoms with E-state index in [1.165, 1.54) is 0 Å². The molecule has 0 spiro atoms. The third kappa shape index (κ3) is 22.6. The Bertz CT molecular complexity index is 141. The van der Waals surface area contributed by atoms with Crippen molar-refractivity contribution >= 4 is 0 Å². The number of rotatable bonds is 4. The van der Waals surface area contributed by atoms with Crippen LogP contribution in [0.25, 0.3) is 0 Å². The number of hydrogen-bond donors (Lipinski definition) is 2. The third-order valence-electron chi connectivity index (χ3n) is 0.930. The topological polar surface area (TPSA) is 55.5 Å². The molecule has 0 amide bonds. The Morgan fingerprint density at radius 3 is 2.43 bits per heavy atom. The summed E-state index contributed by atoms with van der Waals surface area (Å²) in [6.45, 7) is 2.51. The van der Waals surface area contributed by atoms with Crippen molar-refractivity contribution < 1.29 is 29.8 Å². The SMILES string of the molecule is CC[C-]=C/C=C(/N)COC.CO.[CH3-].[HH].[V+2]. The van der Waals surface area contributed by atoms with Gasteiger partial charge < -0.3 is 23.0 Å². The number of ether oxygens (including phenoxy) is 1. The molecule has 0 heterocycles. The van der Waals surface area contributed by atoms with Gasteiger partial charge in [-0.2, -0.15) is 6.08 Å². The van der Waals surface area contributed by atoms with Gasteiger partial charge in [0.05, 0.1) is 6.61 Å². The number of aliphatic hydroxyl groups is 1. The molecule has 0 aromatic heterocycles. The molecule has 0 saturated carbocycles. The van der Waals surface area contributed by atoms with Crippen molar-refractivity contribution in [3.63, 3.8) is 0 Å². The molecule has 3 N–H and O–H groups in total. The molecule has 3 nitrogen and oxygen atoms in total. The average Bonchev–Trinajstić information content (AvgIpc) is 2.09. The first-order valence-electron chi connectivity index (χ1n) is 3.76. The van der Waals surface area contributed by atoms with Crippen LogP contribution in [0.1, 0.15) is 14.8 Å². The van der Waals surface area contributed by atoms with Gasteiger partial charge in [-0.25, -0.2) is 6.08 Å². The Morgan fingerprint density at radius 1 is 1.57 bits per heavy atom. The van der Waals surface area contributed by atoms with Crippen LogP contribution in [0.5, 0.6) is 0 Å². The molecule has 4 heteroatoms. The van der Waals surface area contributed by atoms with E-state index in [2.05, 4.69) is 6.08 Å². The van der Waals surface area contributed by atoms with Crippen molar-refractivity contribution in [3.8, 4) is 0 Å². The van der Waals surface area contributed by atoms with Crippen LogP contribution >= 0.6 is 0 Å². The van der Waals surface area contributed by atoms with Gasteiger partial charge in [0, 0.05) is 15.6 Å². The van der Waals surface area contributed by atoms with Gasteiger partial charge in [-0.05, 0) is 5.70 Å². The van der Waals surface area contributed by atoms with E-state index in [9.17, 15) is 0 Å². The Kier molecular flexibility index (Phi) is 38.7. The third-order valence-corrected chi connectivity index (χ3v) is 0.930. The van der Waals surface area contributed by atoms with Crippen LogP contribution in [0.4, 0.5) is 0 Å². The molecular formula is C10H23NO2V. The van der Waals surface area contributed by atoms with Gasteiger partial charge in [0.1, 0.15) is 0 Å². The fourth-order valence-electron chi connectivity index (χ4n) is 0.499. The summed E-state index contributed by atoms with van der Waals surface area (Å²) < 4.78 is 4.79. The van der Waals surface area contributed by atoms with Crippen molar-refractivity contribution in [3.05, 3.63) is 31.4 Å². The first-order valence-corrected chi connectivity index (χ1v) is 3.76. The number of hydrogen-bond acceptors (Lipinski definition) is 3. The van der Waals surface area contributed by atoms with E-state index in [4.69, 9.17) is 15.6 Å². The standard InChI is InChI=1S/C8H14NO.CH4O.CH3.V.H2/c1-3-4-5-6-8(9)7-10-2;1-2;;;/h5-6H,3,7,9H2,1-2H3;2H,1H3;1H3;;1H/q-1;;-1;+2;/b8-6+;;;;. The van der Waals surface area contributed by atoms with E-state index >= 15 is 0 Å². The minimum atomic E-state index is 0. The largest absolute Gasteiger partial charge is 2.00 e. The predicted octanol–water partition coefficient (Wildman–Crippen LogP) is 1.55. The normalized spacial score (nSPS) is 9.57. The molecule has 0 bridgehead atoms. The number of methoxy groups -OCH3 is 1. The predicted molar refractivity (Wildman–Crippen MR) is 58.9 cm³/mol. The van der Waals surface area contributed by atoms with Gasteiger partial charge in [0.25, 0.3) is 0 Å². The summed E-state index contributed by atoms with van der Waals surface area (Å²) in [6.07, 6.45) is 7.53. The number of nitrogens with two attached hydrogens (primary N) is 1. The Morgan fingerprint density at radius 2 is 2.07 bits per heavy atom. The second kappa shape index (κ2) is 23.0. The van der Waals surface area contributed by atoms with Crippen LogP contribution in [-0.2, 0) is 23.3 Å². The summed E-state index contributed by atoms with van der Waals surface area (Å²) in [5.74, 6) is 0. The van der Waals surface area contributed by atoms with E-state index in [1.54, 1.807) is 13.2 Å². The fourth-order valence-corrected chi connectivity index (χ4v) is 0.499. The van der Waals surface area contributed by atoms with Gasteiger partial charge in [0.2, 0.25) is 0 Å². The summed E-state index contributed by atoms with van der Waals surface area (Å²) >= 11 is 0. The molecule has 0 aliphatic heterocycles. The molecule has 0 aromatic carbocycles. The minimum Gasteiger partial charge on any atom is -0.415 e. The summed E-state index contributed by atoms with van der Waals surface area (Å²) in [5, 5.41) is 7.00. The minimum absolute atomic E-state index is 0. The molecule has 1 radical (unpaired) electrons. The molecule has 0 aliphatic rings. The Labute approximate surface area is 101 Å². The molecule has 0 aromatic rings. The molecule has 85 valence electrons. The maximum Gasteiger partial charge on any atom is 2.00 e.